The number of anilines is 1. The SMILES string of the molecule is CCNCc1ccc(N(C)CC2CCCN2C)cc1C. The van der Waals surface area contributed by atoms with Gasteiger partial charge >= 0.3 is 0 Å². The molecular formula is C17H29N3. The number of benzene rings is 1. The van der Waals surface area contributed by atoms with Crippen LogP contribution in [-0.4, -0.2) is 44.7 Å². The molecule has 1 heterocycles. The molecule has 0 bridgehead atoms. The fraction of sp³-hybridized carbons (Fsp3) is 0.647. The van der Waals surface area contributed by atoms with E-state index in [0.717, 1.165) is 19.6 Å². The Bertz CT molecular complexity index is 430. The molecule has 112 valence electrons. The van der Waals surface area contributed by atoms with E-state index in [4.69, 9.17) is 0 Å². The molecule has 0 saturated carbocycles. The fourth-order valence-corrected chi connectivity index (χ4v) is 3.01. The van der Waals surface area contributed by atoms with Crippen LogP contribution in [0, 0.1) is 6.92 Å². The molecule has 0 radical (unpaired) electrons. The van der Waals surface area contributed by atoms with E-state index in [-0.39, 0.29) is 0 Å². The van der Waals surface area contributed by atoms with Crippen LogP contribution in [-0.2, 0) is 6.54 Å². The largest absolute Gasteiger partial charge is 0.373 e. The van der Waals surface area contributed by atoms with Crippen LogP contribution in [0.5, 0.6) is 0 Å². The van der Waals surface area contributed by atoms with E-state index < -0.39 is 0 Å². The highest BCUT2D eigenvalue weighted by atomic mass is 15.2. The second-order valence-electron chi connectivity index (χ2n) is 6.05. The first-order valence-corrected chi connectivity index (χ1v) is 7.83. The predicted molar refractivity (Wildman–Crippen MR) is 87.5 cm³/mol. The summed E-state index contributed by atoms with van der Waals surface area (Å²) >= 11 is 0. The second-order valence-corrected chi connectivity index (χ2v) is 6.05. The van der Waals surface area contributed by atoms with E-state index in [9.17, 15) is 0 Å². The van der Waals surface area contributed by atoms with Crippen LogP contribution < -0.4 is 10.2 Å². The Kier molecular flexibility index (Phi) is 5.44. The Balaban J connectivity index is 1.99. The minimum atomic E-state index is 0.710. The maximum atomic E-state index is 3.40. The molecule has 1 fully saturated rings. The van der Waals surface area contributed by atoms with Crippen molar-refractivity contribution in [2.75, 3.05) is 38.6 Å². The van der Waals surface area contributed by atoms with Crippen molar-refractivity contribution in [2.45, 2.75) is 39.3 Å². The molecule has 1 N–H and O–H groups in total. The lowest BCUT2D eigenvalue weighted by atomic mass is 10.1. The number of aryl methyl sites for hydroxylation is 1. The Hall–Kier alpha value is -1.06. The average molecular weight is 275 g/mol. The fourth-order valence-electron chi connectivity index (χ4n) is 3.01. The van der Waals surface area contributed by atoms with E-state index in [1.165, 1.54) is 36.2 Å². The lowest BCUT2D eigenvalue weighted by Crippen LogP contribution is -2.36. The van der Waals surface area contributed by atoms with Crippen molar-refractivity contribution in [2.24, 2.45) is 0 Å². The van der Waals surface area contributed by atoms with Gasteiger partial charge in [-0.15, -0.1) is 0 Å². The first-order valence-electron chi connectivity index (χ1n) is 7.83. The number of likely N-dealkylation sites (tertiary alicyclic amines) is 1. The van der Waals surface area contributed by atoms with Crippen LogP contribution in [0.2, 0.25) is 0 Å². The van der Waals surface area contributed by atoms with Crippen molar-refractivity contribution in [3.05, 3.63) is 29.3 Å². The van der Waals surface area contributed by atoms with Gasteiger partial charge in [-0.25, -0.2) is 0 Å². The zero-order chi connectivity index (χ0) is 14.5. The molecule has 2 rings (SSSR count). The summed E-state index contributed by atoms with van der Waals surface area (Å²) in [7, 11) is 4.46. The van der Waals surface area contributed by atoms with Crippen molar-refractivity contribution >= 4 is 5.69 Å². The molecule has 1 aliphatic rings. The summed E-state index contributed by atoms with van der Waals surface area (Å²) in [5, 5.41) is 3.40. The highest BCUT2D eigenvalue weighted by Gasteiger charge is 2.22. The van der Waals surface area contributed by atoms with Gasteiger partial charge in [-0.3, -0.25) is 0 Å². The molecule has 1 atom stereocenters. The number of rotatable bonds is 6. The Morgan fingerprint density at radius 3 is 2.80 bits per heavy atom. The Morgan fingerprint density at radius 2 is 2.20 bits per heavy atom. The smallest absolute Gasteiger partial charge is 0.0367 e. The Labute approximate surface area is 124 Å². The number of nitrogens with zero attached hydrogens (tertiary/aromatic N) is 2. The molecular weight excluding hydrogens is 246 g/mol. The summed E-state index contributed by atoms with van der Waals surface area (Å²) < 4.78 is 0. The molecule has 1 aromatic carbocycles. The molecule has 0 spiro atoms. The minimum absolute atomic E-state index is 0.710. The van der Waals surface area contributed by atoms with Crippen molar-refractivity contribution in [1.29, 1.82) is 0 Å². The van der Waals surface area contributed by atoms with E-state index >= 15 is 0 Å². The van der Waals surface area contributed by atoms with Crippen molar-refractivity contribution < 1.29 is 0 Å². The predicted octanol–water partition coefficient (Wildman–Crippen LogP) is 2.63. The summed E-state index contributed by atoms with van der Waals surface area (Å²) in [6, 6.07) is 7.56. The standard InChI is InChI=1S/C17H29N3/c1-5-18-12-15-8-9-16(11-14(15)2)20(4)13-17-7-6-10-19(17)3/h8-9,11,17-18H,5-7,10,12-13H2,1-4H3. The van der Waals surface area contributed by atoms with Gasteiger partial charge in [0, 0.05) is 31.9 Å². The number of nitrogens with one attached hydrogen (secondary N) is 1. The quantitative estimate of drug-likeness (QED) is 0.861. The van der Waals surface area contributed by atoms with Gasteiger partial charge in [-0.1, -0.05) is 13.0 Å². The van der Waals surface area contributed by atoms with Crippen LogP contribution in [0.25, 0.3) is 0 Å². The van der Waals surface area contributed by atoms with Gasteiger partial charge in [0.05, 0.1) is 0 Å². The topological polar surface area (TPSA) is 18.5 Å². The van der Waals surface area contributed by atoms with E-state index in [0.29, 0.717) is 6.04 Å². The molecule has 0 amide bonds. The van der Waals surface area contributed by atoms with Crippen molar-refractivity contribution in [1.82, 2.24) is 10.2 Å². The van der Waals surface area contributed by atoms with Gasteiger partial charge in [0.1, 0.15) is 0 Å². The van der Waals surface area contributed by atoms with Crippen LogP contribution in [0.15, 0.2) is 18.2 Å². The van der Waals surface area contributed by atoms with Crippen LogP contribution in [0.3, 0.4) is 0 Å². The second kappa shape index (κ2) is 7.09. The van der Waals surface area contributed by atoms with E-state index in [2.05, 4.69) is 61.3 Å². The lowest BCUT2D eigenvalue weighted by molar-refractivity contribution is 0.314. The summed E-state index contributed by atoms with van der Waals surface area (Å²) in [5.41, 5.74) is 4.13. The molecule has 1 saturated heterocycles. The third-order valence-corrected chi connectivity index (χ3v) is 4.49. The van der Waals surface area contributed by atoms with E-state index in [1.807, 2.05) is 0 Å². The zero-order valence-electron chi connectivity index (χ0n) is 13.4. The number of likely N-dealkylation sites (N-methyl/N-ethyl adjacent to an activating group) is 2. The summed E-state index contributed by atoms with van der Waals surface area (Å²) in [4.78, 5) is 4.89. The van der Waals surface area contributed by atoms with Crippen molar-refractivity contribution in [3.8, 4) is 0 Å². The first kappa shape index (κ1) is 15.3. The van der Waals surface area contributed by atoms with Gasteiger partial charge in [-0.2, -0.15) is 0 Å². The zero-order valence-corrected chi connectivity index (χ0v) is 13.4. The molecule has 0 aromatic heterocycles. The molecule has 3 nitrogen and oxygen atoms in total. The molecule has 1 aliphatic heterocycles. The summed E-state index contributed by atoms with van der Waals surface area (Å²) in [6.07, 6.45) is 2.67. The van der Waals surface area contributed by atoms with E-state index in [1.54, 1.807) is 0 Å². The highest BCUT2D eigenvalue weighted by molar-refractivity contribution is 5.50. The van der Waals surface area contributed by atoms with Crippen LogP contribution in [0.1, 0.15) is 30.9 Å². The molecule has 1 unspecified atom stereocenters. The third kappa shape index (κ3) is 3.74. The lowest BCUT2D eigenvalue weighted by Gasteiger charge is -2.28. The minimum Gasteiger partial charge on any atom is -0.373 e. The van der Waals surface area contributed by atoms with Crippen molar-refractivity contribution in [3.63, 3.8) is 0 Å². The van der Waals surface area contributed by atoms with Gasteiger partial charge < -0.3 is 15.1 Å². The number of hydrogen-bond acceptors (Lipinski definition) is 3. The normalized spacial score (nSPS) is 19.5. The summed E-state index contributed by atoms with van der Waals surface area (Å²) in [5.74, 6) is 0. The number of hydrogen-bond donors (Lipinski definition) is 1. The molecule has 0 aliphatic carbocycles. The first-order chi connectivity index (χ1) is 9.61. The molecule has 1 aromatic rings. The highest BCUT2D eigenvalue weighted by Crippen LogP contribution is 2.21. The average Bonchev–Trinajstić information content (AvgIpc) is 2.83. The van der Waals surface area contributed by atoms with Crippen LogP contribution in [0.4, 0.5) is 5.69 Å². The molecule has 3 heteroatoms. The maximum Gasteiger partial charge on any atom is 0.0367 e. The molecule has 20 heavy (non-hydrogen) atoms. The van der Waals surface area contributed by atoms with Crippen LogP contribution >= 0.6 is 0 Å². The Morgan fingerprint density at radius 1 is 1.40 bits per heavy atom. The van der Waals surface area contributed by atoms with Gasteiger partial charge in [0.25, 0.3) is 0 Å². The summed E-state index contributed by atoms with van der Waals surface area (Å²) in [6.45, 7) is 8.73. The van der Waals surface area contributed by atoms with Gasteiger partial charge in [0.2, 0.25) is 0 Å². The monoisotopic (exact) mass is 275 g/mol. The third-order valence-electron chi connectivity index (χ3n) is 4.49. The van der Waals surface area contributed by atoms with Gasteiger partial charge in [-0.05, 0) is 63.2 Å². The maximum absolute atomic E-state index is 3.40. The van der Waals surface area contributed by atoms with Gasteiger partial charge in [0.15, 0.2) is 0 Å².